The highest BCUT2D eigenvalue weighted by atomic mass is 31.2. The summed E-state index contributed by atoms with van der Waals surface area (Å²) in [5.41, 5.74) is 5.46. The summed E-state index contributed by atoms with van der Waals surface area (Å²) in [6.45, 7) is 6.66. The van der Waals surface area contributed by atoms with Crippen LogP contribution in [0.1, 0.15) is 39.5 Å². The number of fused-ring (bicyclic) bond motifs is 3. The third-order valence-electron chi connectivity index (χ3n) is 8.84. The van der Waals surface area contributed by atoms with E-state index in [9.17, 15) is 14.2 Å². The Morgan fingerprint density at radius 1 is 1.10 bits per heavy atom. The monoisotopic (exact) mass is 718 g/mol. The van der Waals surface area contributed by atoms with E-state index in [1.807, 2.05) is 60.7 Å². The summed E-state index contributed by atoms with van der Waals surface area (Å²) in [6.07, 6.45) is -0.611. The molecule has 6 atom stereocenters. The van der Waals surface area contributed by atoms with Crippen molar-refractivity contribution in [3.8, 4) is 5.75 Å². The topological polar surface area (TPSA) is 191 Å². The molecule has 1 unspecified atom stereocenters. The number of aromatic amines is 1. The number of nitrogens with zero attached hydrogens (tertiary/aromatic N) is 3. The van der Waals surface area contributed by atoms with Crippen molar-refractivity contribution in [2.24, 2.45) is 0 Å². The van der Waals surface area contributed by atoms with Gasteiger partial charge in [0.25, 0.3) is 5.56 Å². The largest absolute Gasteiger partial charge is 0.464 e. The second kappa shape index (κ2) is 13.5. The van der Waals surface area contributed by atoms with Gasteiger partial charge < -0.3 is 29.2 Å². The van der Waals surface area contributed by atoms with Gasteiger partial charge in [0.15, 0.2) is 23.2 Å². The van der Waals surface area contributed by atoms with E-state index >= 15 is 0 Å². The first kappa shape index (κ1) is 34.8. The Labute approximate surface area is 292 Å². The third kappa shape index (κ3) is 7.01. The minimum atomic E-state index is -4.34. The van der Waals surface area contributed by atoms with Gasteiger partial charge in [-0.1, -0.05) is 66.7 Å². The molecule has 0 aliphatic carbocycles. The maximum Gasteiger partial charge on any atom is 0.459 e. The first-order valence-corrected chi connectivity index (χ1v) is 18.0. The number of nitrogens with one attached hydrogen (secondary N) is 2. The number of nitrogen functional groups attached to an aromatic ring is 1. The smallest absolute Gasteiger partial charge is 0.459 e. The van der Waals surface area contributed by atoms with Crippen LogP contribution in [0.2, 0.25) is 0 Å². The summed E-state index contributed by atoms with van der Waals surface area (Å²) in [4.78, 5) is 36.6. The summed E-state index contributed by atoms with van der Waals surface area (Å²) in [5, 5.41) is 4.32. The normalized spacial score (nSPS) is 24.3. The Bertz CT molecular complexity index is 2170. The summed E-state index contributed by atoms with van der Waals surface area (Å²) in [5.74, 6) is -1.49. The van der Waals surface area contributed by atoms with Gasteiger partial charge in [-0.2, -0.15) is 10.1 Å². The number of carbonyl (C=O) groups is 1. The molecule has 5 aromatic rings. The maximum atomic E-state index is 14.7. The molecular weight excluding hydrogens is 679 g/mol. The molecule has 2 fully saturated rings. The molecule has 4 N–H and O–H groups in total. The van der Waals surface area contributed by atoms with Crippen molar-refractivity contribution in [2.75, 3.05) is 18.9 Å². The lowest BCUT2D eigenvalue weighted by Gasteiger charge is -2.30. The van der Waals surface area contributed by atoms with Crippen LogP contribution in [-0.4, -0.2) is 68.3 Å². The minimum absolute atomic E-state index is 0.0626. The number of aromatic nitrogens is 4. The summed E-state index contributed by atoms with van der Waals surface area (Å²) >= 11 is 0. The highest BCUT2D eigenvalue weighted by Crippen LogP contribution is 2.53. The molecule has 0 saturated carbocycles. The average molecular weight is 719 g/mol. The van der Waals surface area contributed by atoms with Crippen LogP contribution in [0.4, 0.5) is 5.95 Å². The van der Waals surface area contributed by atoms with E-state index in [-0.39, 0.29) is 36.1 Å². The van der Waals surface area contributed by atoms with Crippen LogP contribution in [-0.2, 0) is 39.3 Å². The average Bonchev–Trinajstić information content (AvgIpc) is 3.70. The number of esters is 1. The molecule has 4 heterocycles. The van der Waals surface area contributed by atoms with E-state index in [1.54, 1.807) is 37.5 Å². The molecule has 16 heteroatoms. The van der Waals surface area contributed by atoms with Gasteiger partial charge in [-0.3, -0.25) is 23.7 Å². The Morgan fingerprint density at radius 3 is 2.65 bits per heavy atom. The zero-order valence-electron chi connectivity index (χ0n) is 28.5. The molecule has 3 aromatic carbocycles. The first-order chi connectivity index (χ1) is 24.3. The van der Waals surface area contributed by atoms with Crippen molar-refractivity contribution < 1.29 is 37.4 Å². The number of carbonyl (C=O) groups excluding carboxylic acids is 1. The molecule has 268 valence electrons. The fourth-order valence-corrected chi connectivity index (χ4v) is 8.14. The lowest BCUT2D eigenvalue weighted by Crippen LogP contribution is -2.42. The number of hydrogen-bond donors (Lipinski definition) is 3. The molecule has 0 radical (unpaired) electrons. The number of imidazole rings is 1. The number of nitrogens with two attached hydrogens (primary N) is 1. The lowest BCUT2D eigenvalue weighted by atomic mass is 9.96. The van der Waals surface area contributed by atoms with Gasteiger partial charge in [0.05, 0.1) is 19.5 Å². The third-order valence-corrected chi connectivity index (χ3v) is 10.5. The number of H-pyrrole nitrogens is 1. The second-order valence-corrected chi connectivity index (χ2v) is 14.8. The van der Waals surface area contributed by atoms with Crippen molar-refractivity contribution in [3.05, 3.63) is 95.0 Å². The first-order valence-electron chi connectivity index (χ1n) is 16.5. The van der Waals surface area contributed by atoms with Crippen LogP contribution >= 0.6 is 7.75 Å². The van der Waals surface area contributed by atoms with Crippen molar-refractivity contribution in [3.63, 3.8) is 0 Å². The molecule has 7 rings (SSSR count). The van der Waals surface area contributed by atoms with Crippen LogP contribution in [0.5, 0.6) is 5.75 Å². The van der Waals surface area contributed by atoms with Gasteiger partial charge in [-0.25, -0.2) is 9.55 Å². The van der Waals surface area contributed by atoms with E-state index in [4.69, 9.17) is 33.7 Å². The van der Waals surface area contributed by atoms with Gasteiger partial charge in [0.2, 0.25) is 5.95 Å². The number of rotatable bonds is 12. The molecular formula is C35H39N6O9P. The Balaban J connectivity index is 1.15. The zero-order chi connectivity index (χ0) is 36.0. The molecule has 51 heavy (non-hydrogen) atoms. The van der Waals surface area contributed by atoms with E-state index in [0.717, 1.165) is 10.9 Å². The lowest BCUT2D eigenvalue weighted by molar-refractivity contribution is -0.216. The fraction of sp³-hybridized carbons (Fsp3) is 0.371. The van der Waals surface area contributed by atoms with Crippen LogP contribution in [0.25, 0.3) is 21.9 Å². The molecule has 15 nitrogen and oxygen atoms in total. The van der Waals surface area contributed by atoms with Crippen LogP contribution < -0.4 is 20.9 Å². The van der Waals surface area contributed by atoms with Crippen molar-refractivity contribution in [1.29, 1.82) is 0 Å². The fourth-order valence-electron chi connectivity index (χ4n) is 6.62. The molecule has 0 bridgehead atoms. The molecule has 2 aliphatic rings. The van der Waals surface area contributed by atoms with Gasteiger partial charge in [-0.05, 0) is 44.7 Å². The summed E-state index contributed by atoms with van der Waals surface area (Å²) in [7, 11) is -4.34. The molecule has 2 saturated heterocycles. The predicted molar refractivity (Wildman–Crippen MR) is 187 cm³/mol. The number of benzene rings is 3. The van der Waals surface area contributed by atoms with E-state index < -0.39 is 55.1 Å². The minimum Gasteiger partial charge on any atom is -0.464 e. The summed E-state index contributed by atoms with van der Waals surface area (Å²) < 4.78 is 53.2. The number of hydrogen-bond acceptors (Lipinski definition) is 12. The quantitative estimate of drug-likeness (QED) is 0.120. The van der Waals surface area contributed by atoms with Gasteiger partial charge in [-0.15, -0.1) is 0 Å². The SMILES string of the molecule is C[C@H](NP(=O)(OC[C@H]1O[C@@H](n2cnc3c(=O)[nH]c(N)nc32)[C@]2(C)OC(C)(C)O[C@H]12)Oc1cccc2ccccc12)C(=O)OCCc1ccccc1. The molecule has 2 aromatic heterocycles. The van der Waals surface area contributed by atoms with Gasteiger partial charge >= 0.3 is 13.7 Å². The molecule has 0 spiro atoms. The van der Waals surface area contributed by atoms with Gasteiger partial charge in [0.1, 0.15) is 29.6 Å². The Hall–Kier alpha value is -4.63. The standard InChI is InChI=1S/C35H39N6O9P/c1-21(31(43)45-18-17-22-11-6-5-7-12-22)40-51(44,49-25-16-10-14-23-13-8-9-15-24(23)25)46-19-26-28-35(4,50-34(2,3)48-28)32(47-26)41-20-37-27-29(41)38-33(36)39-30(27)42/h5-16,20-21,26,28,32H,17-19H2,1-4H3,(H,40,44)(H3,36,38,39,42)/t21-,26+,28+,32+,35+,51?/m0/s1. The second-order valence-electron chi connectivity index (χ2n) is 13.1. The highest BCUT2D eigenvalue weighted by molar-refractivity contribution is 7.52. The van der Waals surface area contributed by atoms with Crippen LogP contribution in [0.15, 0.2) is 83.9 Å². The van der Waals surface area contributed by atoms with Crippen molar-refractivity contribution >= 4 is 41.6 Å². The van der Waals surface area contributed by atoms with E-state index in [0.29, 0.717) is 11.8 Å². The van der Waals surface area contributed by atoms with Gasteiger partial charge in [0, 0.05) is 11.8 Å². The Morgan fingerprint density at radius 2 is 1.84 bits per heavy atom. The van der Waals surface area contributed by atoms with E-state index in [1.165, 1.54) is 13.3 Å². The summed E-state index contributed by atoms with van der Waals surface area (Å²) in [6, 6.07) is 21.3. The van der Waals surface area contributed by atoms with Crippen molar-refractivity contribution in [2.45, 2.75) is 70.0 Å². The predicted octanol–water partition coefficient (Wildman–Crippen LogP) is 4.63. The Kier molecular flexibility index (Phi) is 9.21. The maximum absolute atomic E-state index is 14.7. The number of ether oxygens (including phenoxy) is 4. The van der Waals surface area contributed by atoms with Crippen LogP contribution in [0.3, 0.4) is 0 Å². The van der Waals surface area contributed by atoms with Crippen LogP contribution in [0, 0.1) is 0 Å². The number of anilines is 1. The van der Waals surface area contributed by atoms with Crippen molar-refractivity contribution in [1.82, 2.24) is 24.6 Å². The highest BCUT2D eigenvalue weighted by Gasteiger charge is 2.64. The molecule has 2 aliphatic heterocycles. The molecule has 0 amide bonds. The van der Waals surface area contributed by atoms with E-state index in [2.05, 4.69) is 20.0 Å². The zero-order valence-corrected chi connectivity index (χ0v) is 29.4.